The molecule has 1 amide bonds. The summed E-state index contributed by atoms with van der Waals surface area (Å²) in [5.41, 5.74) is 0.820. The SMILES string of the molecule is O=C(CN(Cc1cccs1)C[C@H]1CCCO1)N1N=C(c2ccco2)C[C@@H]1c1cccs1. The van der Waals surface area contributed by atoms with Crippen molar-refractivity contribution in [3.05, 3.63) is 68.9 Å². The molecule has 0 spiro atoms. The first kappa shape index (κ1) is 20.6. The van der Waals surface area contributed by atoms with Gasteiger partial charge in [-0.1, -0.05) is 12.1 Å². The van der Waals surface area contributed by atoms with Gasteiger partial charge >= 0.3 is 0 Å². The lowest BCUT2D eigenvalue weighted by molar-refractivity contribution is -0.134. The van der Waals surface area contributed by atoms with Gasteiger partial charge in [-0.25, -0.2) is 5.01 Å². The van der Waals surface area contributed by atoms with E-state index in [1.165, 1.54) is 4.88 Å². The van der Waals surface area contributed by atoms with Crippen molar-refractivity contribution in [1.29, 1.82) is 0 Å². The molecule has 0 bridgehead atoms. The zero-order chi connectivity index (χ0) is 21.0. The van der Waals surface area contributed by atoms with Crippen LogP contribution in [0.4, 0.5) is 0 Å². The minimum atomic E-state index is -0.0843. The molecule has 6 nitrogen and oxygen atoms in total. The van der Waals surface area contributed by atoms with Crippen molar-refractivity contribution in [2.45, 2.75) is 38.0 Å². The van der Waals surface area contributed by atoms with Gasteiger partial charge in [0, 0.05) is 35.9 Å². The third kappa shape index (κ3) is 4.82. The Morgan fingerprint density at radius 3 is 2.81 bits per heavy atom. The molecular formula is C23H25N3O3S2. The van der Waals surface area contributed by atoms with Crippen LogP contribution < -0.4 is 0 Å². The Kier molecular flexibility index (Phi) is 6.31. The Hall–Kier alpha value is -2.26. The van der Waals surface area contributed by atoms with Crippen LogP contribution in [0, 0.1) is 0 Å². The van der Waals surface area contributed by atoms with E-state index in [0.717, 1.165) is 48.9 Å². The average Bonchev–Trinajstić information content (AvgIpc) is 3.59. The van der Waals surface area contributed by atoms with Crippen LogP contribution in [0.5, 0.6) is 0 Å². The van der Waals surface area contributed by atoms with Crippen molar-refractivity contribution in [3.63, 3.8) is 0 Å². The molecule has 0 aromatic carbocycles. The molecule has 162 valence electrons. The van der Waals surface area contributed by atoms with E-state index >= 15 is 0 Å². The highest BCUT2D eigenvalue weighted by molar-refractivity contribution is 7.10. The van der Waals surface area contributed by atoms with Crippen LogP contribution in [-0.2, 0) is 16.1 Å². The maximum absolute atomic E-state index is 13.5. The Labute approximate surface area is 189 Å². The molecule has 0 saturated carbocycles. The van der Waals surface area contributed by atoms with Gasteiger partial charge < -0.3 is 9.15 Å². The molecule has 1 fully saturated rings. The third-order valence-corrected chi connectivity index (χ3v) is 7.48. The molecule has 0 aliphatic carbocycles. The van der Waals surface area contributed by atoms with Crippen LogP contribution in [0.3, 0.4) is 0 Å². The summed E-state index contributed by atoms with van der Waals surface area (Å²) in [5, 5.41) is 10.5. The van der Waals surface area contributed by atoms with Gasteiger partial charge in [0.1, 0.15) is 11.5 Å². The predicted molar refractivity (Wildman–Crippen MR) is 122 cm³/mol. The van der Waals surface area contributed by atoms with E-state index in [2.05, 4.69) is 28.5 Å². The number of carbonyl (C=O) groups is 1. The second kappa shape index (κ2) is 9.48. The van der Waals surface area contributed by atoms with Gasteiger partial charge in [-0.15, -0.1) is 22.7 Å². The molecule has 1 saturated heterocycles. The van der Waals surface area contributed by atoms with E-state index in [1.807, 2.05) is 23.6 Å². The Morgan fingerprint density at radius 1 is 1.19 bits per heavy atom. The van der Waals surface area contributed by atoms with E-state index in [1.54, 1.807) is 33.9 Å². The molecule has 2 aliphatic heterocycles. The second-order valence-corrected chi connectivity index (χ2v) is 9.89. The fourth-order valence-corrected chi connectivity index (χ4v) is 5.74. The van der Waals surface area contributed by atoms with Crippen LogP contribution in [0.1, 0.15) is 40.8 Å². The maximum Gasteiger partial charge on any atom is 0.257 e. The number of ether oxygens (including phenoxy) is 1. The highest BCUT2D eigenvalue weighted by atomic mass is 32.1. The van der Waals surface area contributed by atoms with Gasteiger partial charge in [0.05, 0.1) is 25.0 Å². The van der Waals surface area contributed by atoms with E-state index in [-0.39, 0.29) is 18.1 Å². The third-order valence-electron chi connectivity index (χ3n) is 5.65. The largest absolute Gasteiger partial charge is 0.463 e. The lowest BCUT2D eigenvalue weighted by atomic mass is 10.1. The molecule has 3 aromatic heterocycles. The first-order valence-electron chi connectivity index (χ1n) is 10.6. The molecule has 3 aromatic rings. The molecular weight excluding hydrogens is 430 g/mol. The summed E-state index contributed by atoms with van der Waals surface area (Å²) in [6.07, 6.45) is 4.65. The molecule has 8 heteroatoms. The number of amides is 1. The fraction of sp³-hybridized carbons (Fsp3) is 0.391. The van der Waals surface area contributed by atoms with Crippen LogP contribution in [0.15, 0.2) is 62.9 Å². The Bertz CT molecular complexity index is 993. The number of carbonyl (C=O) groups excluding carboxylic acids is 1. The number of hydrogen-bond acceptors (Lipinski definition) is 7. The van der Waals surface area contributed by atoms with E-state index < -0.39 is 0 Å². The average molecular weight is 456 g/mol. The molecule has 5 heterocycles. The highest BCUT2D eigenvalue weighted by Gasteiger charge is 2.35. The van der Waals surface area contributed by atoms with Crippen LogP contribution in [0.2, 0.25) is 0 Å². The quantitative estimate of drug-likeness (QED) is 0.491. The Balaban J connectivity index is 1.35. The zero-order valence-corrected chi connectivity index (χ0v) is 18.8. The summed E-state index contributed by atoms with van der Waals surface area (Å²) < 4.78 is 11.4. The Morgan fingerprint density at radius 2 is 2.10 bits per heavy atom. The van der Waals surface area contributed by atoms with Crippen molar-refractivity contribution in [2.75, 3.05) is 19.7 Å². The lowest BCUT2D eigenvalue weighted by Gasteiger charge is -2.27. The maximum atomic E-state index is 13.5. The predicted octanol–water partition coefficient (Wildman–Crippen LogP) is 4.76. The molecule has 2 atom stereocenters. The molecule has 5 rings (SSSR count). The minimum absolute atomic E-state index is 0.00880. The van der Waals surface area contributed by atoms with Crippen molar-refractivity contribution >= 4 is 34.3 Å². The molecule has 31 heavy (non-hydrogen) atoms. The summed E-state index contributed by atoms with van der Waals surface area (Å²) in [6.45, 7) is 2.63. The van der Waals surface area contributed by atoms with Crippen LogP contribution >= 0.6 is 22.7 Å². The summed E-state index contributed by atoms with van der Waals surface area (Å²) in [4.78, 5) is 18.1. The number of furan rings is 1. The van der Waals surface area contributed by atoms with Gasteiger partial charge in [0.2, 0.25) is 0 Å². The summed E-state index contributed by atoms with van der Waals surface area (Å²) in [6, 6.07) is 11.9. The van der Waals surface area contributed by atoms with Crippen LogP contribution in [-0.4, -0.2) is 47.3 Å². The van der Waals surface area contributed by atoms with Gasteiger partial charge in [-0.2, -0.15) is 5.10 Å². The number of hydrazone groups is 1. The van der Waals surface area contributed by atoms with E-state index in [9.17, 15) is 4.79 Å². The monoisotopic (exact) mass is 455 g/mol. The van der Waals surface area contributed by atoms with Crippen LogP contribution in [0.25, 0.3) is 0 Å². The standard InChI is InChI=1S/C23H25N3O3S2/c27-23(16-25(14-17-5-1-9-28-17)15-18-6-3-11-30-18)26-20(22-8-4-12-31-22)13-19(24-26)21-7-2-10-29-21/h2-4,6-8,10-12,17,20H,1,5,9,13-16H2/t17-,20-/m1/s1. The normalized spacial score (nSPS) is 21.2. The number of nitrogens with zero attached hydrogens (tertiary/aromatic N) is 3. The summed E-state index contributed by atoms with van der Waals surface area (Å²) in [5.74, 6) is 0.737. The molecule has 2 aliphatic rings. The highest BCUT2D eigenvalue weighted by Crippen LogP contribution is 2.35. The number of rotatable bonds is 8. The minimum Gasteiger partial charge on any atom is -0.463 e. The number of hydrogen-bond donors (Lipinski definition) is 0. The van der Waals surface area contributed by atoms with Crippen molar-refractivity contribution in [1.82, 2.24) is 9.91 Å². The van der Waals surface area contributed by atoms with Crippen molar-refractivity contribution in [3.8, 4) is 0 Å². The topological polar surface area (TPSA) is 58.3 Å². The van der Waals surface area contributed by atoms with Gasteiger partial charge in [0.25, 0.3) is 5.91 Å². The van der Waals surface area contributed by atoms with E-state index in [0.29, 0.717) is 13.0 Å². The van der Waals surface area contributed by atoms with Gasteiger partial charge in [0.15, 0.2) is 0 Å². The van der Waals surface area contributed by atoms with Gasteiger partial charge in [-0.3, -0.25) is 9.69 Å². The lowest BCUT2D eigenvalue weighted by Crippen LogP contribution is -2.40. The van der Waals surface area contributed by atoms with Crippen molar-refractivity contribution in [2.24, 2.45) is 5.10 Å². The second-order valence-electron chi connectivity index (χ2n) is 7.88. The smallest absolute Gasteiger partial charge is 0.257 e. The zero-order valence-electron chi connectivity index (χ0n) is 17.2. The first-order chi connectivity index (χ1) is 15.3. The number of thiophene rings is 2. The van der Waals surface area contributed by atoms with Crippen molar-refractivity contribution < 1.29 is 13.9 Å². The molecule has 0 unspecified atom stereocenters. The fourth-order valence-electron chi connectivity index (χ4n) is 4.18. The van der Waals surface area contributed by atoms with E-state index in [4.69, 9.17) is 14.3 Å². The molecule has 0 radical (unpaired) electrons. The first-order valence-corrected chi connectivity index (χ1v) is 12.4. The van der Waals surface area contributed by atoms with Gasteiger partial charge in [-0.05, 0) is 47.9 Å². The summed E-state index contributed by atoms with van der Waals surface area (Å²) in [7, 11) is 0. The summed E-state index contributed by atoms with van der Waals surface area (Å²) >= 11 is 3.38. The molecule has 0 N–H and O–H groups in total.